The fourth-order valence-electron chi connectivity index (χ4n) is 0.589. The van der Waals surface area contributed by atoms with Crippen LogP contribution in [0.4, 0.5) is 0 Å². The van der Waals surface area contributed by atoms with Crippen LogP contribution in [0.2, 0.25) is 0 Å². The third-order valence-electron chi connectivity index (χ3n) is 1.05. The van der Waals surface area contributed by atoms with Gasteiger partial charge in [-0.2, -0.15) is 0 Å². The summed E-state index contributed by atoms with van der Waals surface area (Å²) in [5, 5.41) is 17.5. The first-order valence-corrected chi connectivity index (χ1v) is 3.51. The lowest BCUT2D eigenvalue weighted by Crippen LogP contribution is -2.29. The second-order valence-electron chi connectivity index (χ2n) is 2.05. The molecule has 0 spiro atoms. The number of rotatable bonds is 8. The number of nitrogens with zero attached hydrogens (tertiary/aromatic N) is 2. The van der Waals surface area contributed by atoms with Crippen LogP contribution in [-0.2, 0) is 14.4 Å². The zero-order valence-electron chi connectivity index (χ0n) is 7.16. The molecule has 0 saturated heterocycles. The van der Waals surface area contributed by atoms with E-state index in [1.807, 2.05) is 0 Å². The van der Waals surface area contributed by atoms with Crippen LogP contribution < -0.4 is 0 Å². The van der Waals surface area contributed by atoms with Crippen LogP contribution >= 0.6 is 0 Å². The maximum absolute atomic E-state index is 9.90. The Morgan fingerprint density at radius 2 is 1.86 bits per heavy atom. The van der Waals surface area contributed by atoms with E-state index in [9.17, 15) is 20.2 Å². The topological polar surface area (TPSA) is 114 Å². The summed E-state index contributed by atoms with van der Waals surface area (Å²) in [7, 11) is 0. The molecule has 0 fully saturated rings. The van der Waals surface area contributed by atoms with E-state index in [2.05, 4.69) is 21.3 Å². The summed E-state index contributed by atoms with van der Waals surface area (Å²) in [6, 6.07) is 0. The van der Waals surface area contributed by atoms with Crippen LogP contribution in [0.3, 0.4) is 0 Å². The quantitative estimate of drug-likeness (QED) is 0.395. The normalized spacial score (nSPS) is 11.8. The molecule has 1 unspecified atom stereocenters. The van der Waals surface area contributed by atoms with Gasteiger partial charge in [0.2, 0.25) is 0 Å². The van der Waals surface area contributed by atoms with Crippen LogP contribution in [0.1, 0.15) is 0 Å². The molecule has 9 heteroatoms. The Kier molecular flexibility index (Phi) is 6.03. The highest BCUT2D eigenvalue weighted by Gasteiger charge is 2.15. The fraction of sp³-hybridized carbons (Fsp3) is 0.800. The van der Waals surface area contributed by atoms with Crippen molar-refractivity contribution in [3.63, 3.8) is 0 Å². The van der Waals surface area contributed by atoms with Crippen LogP contribution in [0.15, 0.2) is 0 Å². The molecule has 0 heterocycles. The maximum Gasteiger partial charge on any atom is 0.294 e. The van der Waals surface area contributed by atoms with E-state index < -0.39 is 22.9 Å². The van der Waals surface area contributed by atoms with E-state index in [-0.39, 0.29) is 13.2 Å². The van der Waals surface area contributed by atoms with Crippen molar-refractivity contribution in [3.05, 3.63) is 27.2 Å². The molecule has 0 aliphatic heterocycles. The first kappa shape index (κ1) is 12.4. The first-order valence-electron chi connectivity index (χ1n) is 3.51. The molecule has 0 aliphatic rings. The maximum atomic E-state index is 9.90. The minimum Gasteiger partial charge on any atom is -0.379 e. The molecule has 81 valence electrons. The Balaban J connectivity index is 3.83. The van der Waals surface area contributed by atoms with Gasteiger partial charge in [0.1, 0.15) is 6.61 Å². The van der Waals surface area contributed by atoms with Gasteiger partial charge < -0.3 is 14.4 Å². The number of hydrogen-bond acceptors (Lipinski definition) is 7. The standard InChI is InChI=1S/C5H9N2O7/c1-2-12-3-5(14-7(10)11)4-13-6(8)9/h5H,1-4H2. The fourth-order valence-corrected chi connectivity index (χ4v) is 0.589. The molecular formula is C5H9N2O7. The molecule has 0 aromatic carbocycles. The van der Waals surface area contributed by atoms with Crippen LogP contribution in [0.25, 0.3) is 0 Å². The van der Waals surface area contributed by atoms with E-state index in [1.54, 1.807) is 0 Å². The molecule has 0 aromatic heterocycles. The summed E-state index contributed by atoms with van der Waals surface area (Å²) in [5.74, 6) is 0. The van der Waals surface area contributed by atoms with E-state index in [0.717, 1.165) is 0 Å². The molecule has 0 N–H and O–H groups in total. The Morgan fingerprint density at radius 1 is 1.21 bits per heavy atom. The molecular weight excluding hydrogens is 200 g/mol. The average molecular weight is 209 g/mol. The Morgan fingerprint density at radius 3 is 2.29 bits per heavy atom. The third kappa shape index (κ3) is 7.03. The van der Waals surface area contributed by atoms with Crippen molar-refractivity contribution >= 4 is 0 Å². The highest BCUT2D eigenvalue weighted by molar-refractivity contribution is 4.51. The van der Waals surface area contributed by atoms with Gasteiger partial charge in [-0.15, -0.1) is 20.2 Å². The smallest absolute Gasteiger partial charge is 0.294 e. The lowest BCUT2D eigenvalue weighted by atomic mass is 10.4. The molecule has 0 aliphatic carbocycles. The highest BCUT2D eigenvalue weighted by atomic mass is 17.0. The minimum absolute atomic E-state index is 0.0794. The summed E-state index contributed by atoms with van der Waals surface area (Å²) < 4.78 is 4.69. The van der Waals surface area contributed by atoms with Crippen molar-refractivity contribution in [1.82, 2.24) is 0 Å². The summed E-state index contributed by atoms with van der Waals surface area (Å²) in [5.41, 5.74) is 0. The van der Waals surface area contributed by atoms with E-state index >= 15 is 0 Å². The molecule has 9 nitrogen and oxygen atoms in total. The summed E-state index contributed by atoms with van der Waals surface area (Å²) in [6.45, 7) is 2.63. The second kappa shape index (κ2) is 6.83. The van der Waals surface area contributed by atoms with Crippen LogP contribution in [0.5, 0.6) is 0 Å². The summed E-state index contributed by atoms with van der Waals surface area (Å²) in [6.07, 6.45) is -1.13. The molecule has 0 rings (SSSR count). The van der Waals surface area contributed by atoms with Gasteiger partial charge in [-0.05, 0) is 6.92 Å². The van der Waals surface area contributed by atoms with Gasteiger partial charge in [0, 0.05) is 6.61 Å². The van der Waals surface area contributed by atoms with Crippen molar-refractivity contribution in [2.24, 2.45) is 0 Å². The third-order valence-corrected chi connectivity index (χ3v) is 1.05. The Labute approximate surface area is 78.8 Å². The molecule has 0 aromatic rings. The SMILES string of the molecule is [CH2]COCC(CO[N+](=O)[O-])O[N+](=O)[O-]. The van der Waals surface area contributed by atoms with E-state index in [0.29, 0.717) is 0 Å². The number of ether oxygens (including phenoxy) is 1. The summed E-state index contributed by atoms with van der Waals surface area (Å²) in [4.78, 5) is 27.6. The highest BCUT2D eigenvalue weighted by Crippen LogP contribution is 1.95. The van der Waals surface area contributed by atoms with E-state index in [4.69, 9.17) is 0 Å². The van der Waals surface area contributed by atoms with Gasteiger partial charge in [-0.1, -0.05) is 0 Å². The molecule has 1 radical (unpaired) electrons. The van der Waals surface area contributed by atoms with Crippen LogP contribution in [0, 0.1) is 27.2 Å². The molecule has 0 saturated carbocycles. The van der Waals surface area contributed by atoms with Crippen molar-refractivity contribution in [2.45, 2.75) is 6.10 Å². The van der Waals surface area contributed by atoms with Crippen LogP contribution in [-0.4, -0.2) is 36.1 Å². The van der Waals surface area contributed by atoms with Gasteiger partial charge in [-0.25, -0.2) is 0 Å². The predicted molar refractivity (Wildman–Crippen MR) is 41.0 cm³/mol. The van der Waals surface area contributed by atoms with E-state index in [1.165, 1.54) is 0 Å². The molecule has 0 amide bonds. The predicted octanol–water partition coefficient (Wildman–Crippen LogP) is -0.378. The van der Waals surface area contributed by atoms with Gasteiger partial charge in [-0.3, -0.25) is 0 Å². The molecule has 0 bridgehead atoms. The second-order valence-corrected chi connectivity index (χ2v) is 2.05. The van der Waals surface area contributed by atoms with Crippen molar-refractivity contribution in [2.75, 3.05) is 19.8 Å². The summed E-state index contributed by atoms with van der Waals surface area (Å²) >= 11 is 0. The van der Waals surface area contributed by atoms with Gasteiger partial charge in [0.05, 0.1) is 6.61 Å². The largest absolute Gasteiger partial charge is 0.379 e. The van der Waals surface area contributed by atoms with Gasteiger partial charge >= 0.3 is 0 Å². The van der Waals surface area contributed by atoms with Gasteiger partial charge in [0.15, 0.2) is 6.10 Å². The van der Waals surface area contributed by atoms with Crippen molar-refractivity contribution < 1.29 is 24.6 Å². The van der Waals surface area contributed by atoms with Gasteiger partial charge in [0.25, 0.3) is 10.2 Å². The van der Waals surface area contributed by atoms with Crippen molar-refractivity contribution in [1.29, 1.82) is 0 Å². The first-order chi connectivity index (χ1) is 6.56. The molecule has 1 atom stereocenters. The zero-order chi connectivity index (χ0) is 11.0. The monoisotopic (exact) mass is 209 g/mol. The Hall–Kier alpha value is -1.64. The average Bonchev–Trinajstić information content (AvgIpc) is 2.09. The molecule has 14 heavy (non-hydrogen) atoms. The lowest BCUT2D eigenvalue weighted by Gasteiger charge is -2.12. The number of hydrogen-bond donors (Lipinski definition) is 0. The van der Waals surface area contributed by atoms with Crippen molar-refractivity contribution in [3.8, 4) is 0 Å². The lowest BCUT2D eigenvalue weighted by molar-refractivity contribution is -0.790. The zero-order valence-corrected chi connectivity index (χ0v) is 7.16. The minimum atomic E-state index is -1.13. The Bertz CT molecular complexity index is 197.